The van der Waals surface area contributed by atoms with Crippen LogP contribution in [0.2, 0.25) is 0 Å². The Morgan fingerprint density at radius 2 is 2.30 bits per heavy atom. The minimum absolute atomic E-state index is 0.298. The Kier molecular flexibility index (Phi) is 5.65. The number of rotatable bonds is 8. The van der Waals surface area contributed by atoms with Crippen molar-refractivity contribution in [3.63, 3.8) is 0 Å². The van der Waals surface area contributed by atoms with Crippen LogP contribution in [0.1, 0.15) is 40.6 Å². The number of aliphatic hydroxyl groups excluding tert-OH is 1. The number of nitrogens with one attached hydrogen (secondary N) is 1. The molecule has 23 heavy (non-hydrogen) atoms. The highest BCUT2D eigenvalue weighted by Gasteiger charge is 2.22. The molecule has 1 atom stereocenters. The largest absolute Gasteiger partial charge is 0.491 e. The van der Waals surface area contributed by atoms with E-state index in [4.69, 9.17) is 4.74 Å². The van der Waals surface area contributed by atoms with Gasteiger partial charge in [-0.05, 0) is 37.5 Å². The Morgan fingerprint density at radius 3 is 3.04 bits per heavy atom. The summed E-state index contributed by atoms with van der Waals surface area (Å²) >= 11 is 1.79. The van der Waals surface area contributed by atoms with E-state index in [0.29, 0.717) is 19.1 Å². The van der Waals surface area contributed by atoms with Gasteiger partial charge in [-0.3, -0.25) is 0 Å². The molecule has 1 aromatic carbocycles. The fraction of sp³-hybridized carbons (Fsp3) is 0.500. The van der Waals surface area contributed by atoms with Crippen molar-refractivity contribution in [3.8, 4) is 5.75 Å². The van der Waals surface area contributed by atoms with Gasteiger partial charge in [0.1, 0.15) is 18.5 Å². The van der Waals surface area contributed by atoms with Crippen LogP contribution in [-0.4, -0.2) is 29.3 Å². The summed E-state index contributed by atoms with van der Waals surface area (Å²) in [4.78, 5) is 5.75. The van der Waals surface area contributed by atoms with Gasteiger partial charge >= 0.3 is 0 Å². The number of nitrogens with zero attached hydrogens (tertiary/aromatic N) is 1. The van der Waals surface area contributed by atoms with Crippen molar-refractivity contribution in [2.75, 3.05) is 13.2 Å². The van der Waals surface area contributed by atoms with Crippen LogP contribution < -0.4 is 10.1 Å². The Bertz CT molecular complexity index is 625. The first-order chi connectivity index (χ1) is 11.2. The van der Waals surface area contributed by atoms with E-state index in [0.717, 1.165) is 17.9 Å². The van der Waals surface area contributed by atoms with E-state index in [1.54, 1.807) is 11.3 Å². The second kappa shape index (κ2) is 7.90. The molecular weight excluding hydrogens is 308 g/mol. The van der Waals surface area contributed by atoms with Gasteiger partial charge < -0.3 is 15.2 Å². The zero-order chi connectivity index (χ0) is 16.1. The van der Waals surface area contributed by atoms with Crippen LogP contribution in [0.5, 0.6) is 5.75 Å². The fourth-order valence-electron chi connectivity index (χ4n) is 2.57. The normalized spacial score (nSPS) is 16.1. The lowest BCUT2D eigenvalue weighted by Crippen LogP contribution is -2.31. The second-order valence-electron chi connectivity index (χ2n) is 6.20. The highest BCUT2D eigenvalue weighted by Crippen LogP contribution is 2.38. The minimum atomic E-state index is -0.519. The first-order valence-electron chi connectivity index (χ1n) is 8.23. The lowest BCUT2D eigenvalue weighted by Gasteiger charge is -2.22. The quantitative estimate of drug-likeness (QED) is 0.779. The highest BCUT2D eigenvalue weighted by molar-refractivity contribution is 7.11. The van der Waals surface area contributed by atoms with Gasteiger partial charge in [0, 0.05) is 30.1 Å². The Morgan fingerprint density at radius 1 is 1.43 bits per heavy atom. The molecule has 2 aromatic rings. The molecule has 124 valence electrons. The number of aromatic nitrogens is 1. The van der Waals surface area contributed by atoms with Gasteiger partial charge in [-0.25, -0.2) is 4.98 Å². The number of hydrogen-bond donors (Lipinski definition) is 2. The third kappa shape index (κ3) is 4.77. The summed E-state index contributed by atoms with van der Waals surface area (Å²) in [5.74, 6) is 1.50. The van der Waals surface area contributed by atoms with E-state index in [1.165, 1.54) is 29.1 Å². The van der Waals surface area contributed by atoms with Crippen molar-refractivity contribution in [1.29, 1.82) is 0 Å². The van der Waals surface area contributed by atoms with Gasteiger partial charge in [0.25, 0.3) is 0 Å². The summed E-state index contributed by atoms with van der Waals surface area (Å²) < 4.78 is 5.61. The molecule has 5 heteroatoms. The zero-order valence-corrected chi connectivity index (χ0v) is 14.3. The molecule has 0 amide bonds. The fourth-order valence-corrected chi connectivity index (χ4v) is 3.62. The van der Waals surface area contributed by atoms with E-state index in [-0.39, 0.29) is 0 Å². The molecule has 0 radical (unpaired) electrons. The van der Waals surface area contributed by atoms with E-state index >= 15 is 0 Å². The van der Waals surface area contributed by atoms with Gasteiger partial charge in [-0.15, -0.1) is 11.3 Å². The van der Waals surface area contributed by atoms with Crippen LogP contribution >= 0.6 is 11.3 Å². The SMILES string of the molecule is Cc1cccc(OCC(O)CNCc2cnc(C3CCC3)s2)c1. The third-order valence-electron chi connectivity index (χ3n) is 4.14. The number of hydrogen-bond acceptors (Lipinski definition) is 5. The summed E-state index contributed by atoms with van der Waals surface area (Å²) in [6.07, 6.45) is 5.35. The van der Waals surface area contributed by atoms with Gasteiger partial charge in [-0.2, -0.15) is 0 Å². The average Bonchev–Trinajstić information content (AvgIpc) is 2.92. The molecule has 1 aliphatic rings. The molecule has 0 bridgehead atoms. The number of ether oxygens (including phenoxy) is 1. The molecule has 1 aliphatic carbocycles. The zero-order valence-electron chi connectivity index (χ0n) is 13.5. The average molecular weight is 332 g/mol. The van der Waals surface area contributed by atoms with Crippen LogP contribution in [0.25, 0.3) is 0 Å². The van der Waals surface area contributed by atoms with Gasteiger partial charge in [0.2, 0.25) is 0 Å². The van der Waals surface area contributed by atoms with Crippen molar-refractivity contribution in [2.45, 2.75) is 44.8 Å². The summed E-state index contributed by atoms with van der Waals surface area (Å²) in [6, 6.07) is 7.86. The van der Waals surface area contributed by atoms with Gasteiger partial charge in [0.15, 0.2) is 0 Å². The lowest BCUT2D eigenvalue weighted by atomic mass is 9.86. The molecule has 1 unspecified atom stereocenters. The minimum Gasteiger partial charge on any atom is -0.491 e. The highest BCUT2D eigenvalue weighted by atomic mass is 32.1. The Balaban J connectivity index is 1.35. The van der Waals surface area contributed by atoms with Gasteiger partial charge in [-0.1, -0.05) is 18.6 Å². The summed E-state index contributed by atoms with van der Waals surface area (Å²) in [5.41, 5.74) is 1.16. The van der Waals surface area contributed by atoms with Gasteiger partial charge in [0.05, 0.1) is 5.01 Å². The number of benzene rings is 1. The predicted octanol–water partition coefficient (Wildman–Crippen LogP) is 3.25. The standard InChI is InChI=1S/C18H24N2O2S/c1-13-4-2-7-16(8-13)22-12-15(21)9-19-10-17-11-20-18(23-17)14-5-3-6-14/h2,4,7-8,11,14-15,19,21H,3,5-6,9-10,12H2,1H3. The van der Waals surface area contributed by atoms with Crippen LogP contribution in [0.3, 0.4) is 0 Å². The molecule has 4 nitrogen and oxygen atoms in total. The Labute approximate surface area is 141 Å². The molecular formula is C18H24N2O2S. The van der Waals surface area contributed by atoms with Crippen molar-refractivity contribution in [2.24, 2.45) is 0 Å². The first kappa shape index (κ1) is 16.4. The maximum absolute atomic E-state index is 10.00. The number of thiazole rings is 1. The molecule has 1 saturated carbocycles. The van der Waals surface area contributed by atoms with Crippen LogP contribution in [-0.2, 0) is 6.54 Å². The van der Waals surface area contributed by atoms with Crippen LogP contribution in [0, 0.1) is 6.92 Å². The number of aliphatic hydroxyl groups is 1. The molecule has 0 aliphatic heterocycles. The predicted molar refractivity (Wildman–Crippen MR) is 93.1 cm³/mol. The molecule has 1 aromatic heterocycles. The molecule has 1 heterocycles. The van der Waals surface area contributed by atoms with E-state index in [1.807, 2.05) is 37.4 Å². The van der Waals surface area contributed by atoms with Crippen molar-refractivity contribution in [1.82, 2.24) is 10.3 Å². The third-order valence-corrected chi connectivity index (χ3v) is 5.30. The monoisotopic (exact) mass is 332 g/mol. The lowest BCUT2D eigenvalue weighted by molar-refractivity contribution is 0.106. The van der Waals surface area contributed by atoms with E-state index in [2.05, 4.69) is 10.3 Å². The smallest absolute Gasteiger partial charge is 0.119 e. The number of aryl methyl sites for hydroxylation is 1. The maximum Gasteiger partial charge on any atom is 0.119 e. The maximum atomic E-state index is 10.00. The van der Waals surface area contributed by atoms with Crippen LogP contribution in [0.4, 0.5) is 0 Å². The molecule has 0 spiro atoms. The first-order valence-corrected chi connectivity index (χ1v) is 9.05. The van der Waals surface area contributed by atoms with E-state index < -0.39 is 6.10 Å². The van der Waals surface area contributed by atoms with Crippen molar-refractivity contribution >= 4 is 11.3 Å². The van der Waals surface area contributed by atoms with Crippen LogP contribution in [0.15, 0.2) is 30.5 Å². The van der Waals surface area contributed by atoms with E-state index in [9.17, 15) is 5.11 Å². The summed E-state index contributed by atoms with van der Waals surface area (Å²) in [5, 5.41) is 14.6. The molecule has 0 saturated heterocycles. The van der Waals surface area contributed by atoms with Crippen molar-refractivity contribution < 1.29 is 9.84 Å². The molecule has 2 N–H and O–H groups in total. The topological polar surface area (TPSA) is 54.4 Å². The Hall–Kier alpha value is -1.43. The second-order valence-corrected chi connectivity index (χ2v) is 7.35. The molecule has 1 fully saturated rings. The molecule has 3 rings (SSSR count). The summed E-state index contributed by atoms with van der Waals surface area (Å²) in [6.45, 7) is 3.60. The van der Waals surface area contributed by atoms with Crippen molar-refractivity contribution in [3.05, 3.63) is 45.9 Å². The summed E-state index contributed by atoms with van der Waals surface area (Å²) in [7, 11) is 0.